The van der Waals surface area contributed by atoms with E-state index in [0.717, 1.165) is 33.0 Å². The zero-order chi connectivity index (χ0) is 15.1. The number of benzene rings is 1. The molecule has 7 heteroatoms. The van der Waals surface area contributed by atoms with Crippen LogP contribution in [0, 0.1) is 0 Å². The van der Waals surface area contributed by atoms with Crippen LogP contribution >= 0.6 is 23.1 Å². The molecule has 0 saturated heterocycles. The number of thiophene rings is 1. The molecule has 0 spiro atoms. The maximum absolute atomic E-state index is 11.3. The Hall–Kier alpha value is -2.12. The summed E-state index contributed by atoms with van der Waals surface area (Å²) in [6, 6.07) is 10.1. The Kier molecular flexibility index (Phi) is 3.24. The molecule has 0 fully saturated rings. The summed E-state index contributed by atoms with van der Waals surface area (Å²) in [7, 11) is 0. The summed E-state index contributed by atoms with van der Waals surface area (Å²) >= 11 is 2.90. The number of rotatable bonds is 2. The molecule has 1 aromatic carbocycles. The van der Waals surface area contributed by atoms with Gasteiger partial charge in [-0.15, -0.1) is 11.3 Å². The summed E-state index contributed by atoms with van der Waals surface area (Å²) < 4.78 is 0. The predicted molar refractivity (Wildman–Crippen MR) is 91.5 cm³/mol. The average Bonchev–Trinajstić information content (AvgIpc) is 3.15. The second-order valence-corrected chi connectivity index (χ2v) is 7.21. The third-order valence-electron chi connectivity index (χ3n) is 3.47. The van der Waals surface area contributed by atoms with Crippen molar-refractivity contribution in [2.24, 2.45) is 5.10 Å². The van der Waals surface area contributed by atoms with Crippen LogP contribution in [0.2, 0.25) is 0 Å². The number of hydrogen-bond donors (Lipinski definition) is 2. The Morgan fingerprint density at radius 1 is 1.27 bits per heavy atom. The normalized spacial score (nSPS) is 18.3. The lowest BCUT2D eigenvalue weighted by Crippen LogP contribution is -2.29. The van der Waals surface area contributed by atoms with E-state index in [0.29, 0.717) is 0 Å². The topological polar surface area (TPSA) is 70.1 Å². The van der Waals surface area contributed by atoms with Gasteiger partial charge in [0.05, 0.1) is 26.9 Å². The molecular weight excluding hydrogens is 316 g/mol. The number of carbonyl (C=O) groups is 1. The molecular formula is C15H12N4OS2. The quantitative estimate of drug-likeness (QED) is 0.751. The van der Waals surface area contributed by atoms with Crippen LogP contribution in [0.3, 0.4) is 0 Å². The number of aromatic nitrogens is 2. The first-order valence-electron chi connectivity index (χ1n) is 6.79. The predicted octanol–water partition coefficient (Wildman–Crippen LogP) is 3.84. The highest BCUT2D eigenvalue weighted by Gasteiger charge is 2.22. The lowest BCUT2D eigenvalue weighted by atomic mass is 10.1. The SMILES string of the molecule is CC1SC(=O)NN=C1c1ccc2[nH]c(-c3cccs3)nc2c1. The molecule has 2 aromatic heterocycles. The minimum absolute atomic E-state index is 0.0295. The van der Waals surface area contributed by atoms with Crippen LogP contribution in [0.15, 0.2) is 40.8 Å². The van der Waals surface area contributed by atoms with Gasteiger partial charge in [-0.1, -0.05) is 23.9 Å². The number of imidazole rings is 1. The van der Waals surface area contributed by atoms with Gasteiger partial charge in [0.2, 0.25) is 0 Å². The number of nitrogens with one attached hydrogen (secondary N) is 2. The number of hydrogen-bond acceptors (Lipinski definition) is 5. The molecule has 1 aliphatic heterocycles. The van der Waals surface area contributed by atoms with Gasteiger partial charge in [-0.05, 0) is 30.5 Å². The molecule has 110 valence electrons. The fourth-order valence-electron chi connectivity index (χ4n) is 2.43. The Balaban J connectivity index is 1.76. The molecule has 1 aliphatic rings. The van der Waals surface area contributed by atoms with Crippen LogP contribution in [-0.4, -0.2) is 26.2 Å². The molecule has 0 aliphatic carbocycles. The van der Waals surface area contributed by atoms with E-state index in [1.54, 1.807) is 11.3 Å². The Morgan fingerprint density at radius 2 is 2.18 bits per heavy atom. The minimum atomic E-state index is -0.114. The largest absolute Gasteiger partial charge is 0.337 e. The highest BCUT2D eigenvalue weighted by Crippen LogP contribution is 2.27. The van der Waals surface area contributed by atoms with E-state index in [-0.39, 0.29) is 10.5 Å². The zero-order valence-corrected chi connectivity index (χ0v) is 13.3. The molecule has 3 aromatic rings. The van der Waals surface area contributed by atoms with Crippen molar-refractivity contribution in [3.8, 4) is 10.7 Å². The molecule has 2 N–H and O–H groups in total. The van der Waals surface area contributed by atoms with Gasteiger partial charge in [0.25, 0.3) is 5.24 Å². The van der Waals surface area contributed by atoms with Crippen LogP contribution in [-0.2, 0) is 0 Å². The number of carbonyl (C=O) groups excluding carboxylic acids is 1. The Labute approximate surface area is 134 Å². The smallest absolute Gasteiger partial charge is 0.299 e. The van der Waals surface area contributed by atoms with Crippen LogP contribution in [0.5, 0.6) is 0 Å². The van der Waals surface area contributed by atoms with Gasteiger partial charge in [-0.2, -0.15) is 5.10 Å². The number of hydrazone groups is 1. The zero-order valence-electron chi connectivity index (χ0n) is 11.7. The fourth-order valence-corrected chi connectivity index (χ4v) is 3.82. The summed E-state index contributed by atoms with van der Waals surface area (Å²) in [6.07, 6.45) is 0. The number of thioether (sulfide) groups is 1. The van der Waals surface area contributed by atoms with Gasteiger partial charge in [0.15, 0.2) is 0 Å². The summed E-state index contributed by atoms with van der Waals surface area (Å²) in [6.45, 7) is 1.98. The van der Waals surface area contributed by atoms with Crippen LogP contribution < -0.4 is 5.43 Å². The van der Waals surface area contributed by atoms with E-state index in [4.69, 9.17) is 0 Å². The summed E-state index contributed by atoms with van der Waals surface area (Å²) in [4.78, 5) is 20.4. The molecule has 3 heterocycles. The molecule has 0 radical (unpaired) electrons. The van der Waals surface area contributed by atoms with E-state index in [1.807, 2.05) is 42.6 Å². The van der Waals surface area contributed by atoms with E-state index in [1.165, 1.54) is 11.8 Å². The third kappa shape index (κ3) is 2.32. The van der Waals surface area contributed by atoms with Crippen LogP contribution in [0.4, 0.5) is 4.79 Å². The first-order chi connectivity index (χ1) is 10.7. The van der Waals surface area contributed by atoms with Crippen molar-refractivity contribution in [1.29, 1.82) is 0 Å². The lowest BCUT2D eigenvalue weighted by Gasteiger charge is -2.18. The van der Waals surface area contributed by atoms with Gasteiger partial charge in [-0.25, -0.2) is 10.4 Å². The maximum Gasteiger partial charge on any atom is 0.299 e. The van der Waals surface area contributed by atoms with Gasteiger partial charge in [0, 0.05) is 5.56 Å². The first-order valence-corrected chi connectivity index (χ1v) is 8.55. The molecule has 22 heavy (non-hydrogen) atoms. The molecule has 0 bridgehead atoms. The molecule has 1 unspecified atom stereocenters. The minimum Gasteiger partial charge on any atom is -0.337 e. The van der Waals surface area contributed by atoms with Crippen molar-refractivity contribution in [2.45, 2.75) is 12.2 Å². The van der Waals surface area contributed by atoms with Crippen LogP contribution in [0.1, 0.15) is 12.5 Å². The average molecular weight is 328 g/mol. The van der Waals surface area contributed by atoms with Crippen molar-refractivity contribution >= 4 is 45.1 Å². The van der Waals surface area contributed by atoms with Gasteiger partial charge in [0.1, 0.15) is 5.82 Å². The van der Waals surface area contributed by atoms with E-state index in [2.05, 4.69) is 20.5 Å². The van der Waals surface area contributed by atoms with Crippen LogP contribution in [0.25, 0.3) is 21.7 Å². The van der Waals surface area contributed by atoms with Crippen molar-refractivity contribution in [1.82, 2.24) is 15.4 Å². The van der Waals surface area contributed by atoms with Crippen molar-refractivity contribution in [2.75, 3.05) is 0 Å². The molecule has 4 rings (SSSR count). The van der Waals surface area contributed by atoms with Crippen molar-refractivity contribution in [3.05, 3.63) is 41.3 Å². The second kappa shape index (κ2) is 5.26. The monoisotopic (exact) mass is 328 g/mol. The number of amides is 1. The standard InChI is InChI=1S/C15H12N4OS2/c1-8-13(18-19-15(20)22-8)9-4-5-10-11(7-9)17-14(16-10)12-3-2-6-21-12/h2-8H,1H3,(H,16,17)(H,19,20). The van der Waals surface area contributed by atoms with E-state index < -0.39 is 0 Å². The third-order valence-corrected chi connectivity index (χ3v) is 5.23. The number of nitrogens with zero attached hydrogens (tertiary/aromatic N) is 2. The highest BCUT2D eigenvalue weighted by atomic mass is 32.2. The fraction of sp³-hybridized carbons (Fsp3) is 0.133. The van der Waals surface area contributed by atoms with E-state index >= 15 is 0 Å². The summed E-state index contributed by atoms with van der Waals surface area (Å²) in [5.74, 6) is 0.878. The molecule has 1 atom stereocenters. The second-order valence-electron chi connectivity index (χ2n) is 4.95. The highest BCUT2D eigenvalue weighted by molar-refractivity contribution is 8.14. The number of fused-ring (bicyclic) bond motifs is 1. The maximum atomic E-state index is 11.3. The van der Waals surface area contributed by atoms with Gasteiger partial charge in [-0.3, -0.25) is 4.79 Å². The van der Waals surface area contributed by atoms with Crippen molar-refractivity contribution < 1.29 is 4.79 Å². The molecule has 0 saturated carbocycles. The summed E-state index contributed by atoms with van der Waals surface area (Å²) in [5.41, 5.74) is 6.27. The lowest BCUT2D eigenvalue weighted by molar-refractivity contribution is 0.261. The van der Waals surface area contributed by atoms with Crippen molar-refractivity contribution in [3.63, 3.8) is 0 Å². The van der Waals surface area contributed by atoms with Gasteiger partial charge >= 0.3 is 0 Å². The first kappa shape index (κ1) is 13.5. The van der Waals surface area contributed by atoms with E-state index in [9.17, 15) is 4.79 Å². The Morgan fingerprint density at radius 3 is 2.95 bits per heavy atom. The Bertz CT molecular complexity index is 882. The summed E-state index contributed by atoms with van der Waals surface area (Å²) in [5, 5.41) is 6.14. The number of H-pyrrole nitrogens is 1. The number of aromatic amines is 1. The van der Waals surface area contributed by atoms with Gasteiger partial charge < -0.3 is 4.98 Å². The molecule has 1 amide bonds. The molecule has 5 nitrogen and oxygen atoms in total.